The summed E-state index contributed by atoms with van der Waals surface area (Å²) in [6, 6.07) is 4.46. The summed E-state index contributed by atoms with van der Waals surface area (Å²) in [7, 11) is 0. The van der Waals surface area contributed by atoms with Gasteiger partial charge >= 0.3 is 5.69 Å². The molecule has 0 atom stereocenters. The fraction of sp³-hybridized carbons (Fsp3) is 0.300. The van der Waals surface area contributed by atoms with E-state index in [9.17, 15) is 20.2 Å². The monoisotopic (exact) mass is 439 g/mol. The third-order valence-corrected chi connectivity index (χ3v) is 7.06. The van der Waals surface area contributed by atoms with Gasteiger partial charge in [0.2, 0.25) is 5.69 Å². The molecule has 0 aromatic carbocycles. The van der Waals surface area contributed by atoms with Crippen molar-refractivity contribution in [1.29, 1.82) is 5.26 Å². The molecule has 3 aromatic rings. The van der Waals surface area contributed by atoms with Gasteiger partial charge in [0, 0.05) is 17.5 Å². The Morgan fingerprint density at radius 2 is 2.13 bits per heavy atom. The van der Waals surface area contributed by atoms with Gasteiger partial charge in [-0.3, -0.25) is 19.5 Å². The molecule has 0 amide bonds. The minimum Gasteiger partial charge on any atom is -0.283 e. The molecule has 30 heavy (non-hydrogen) atoms. The Morgan fingerprint density at radius 3 is 2.87 bits per heavy atom. The number of rotatable bonds is 5. The topological polar surface area (TPSA) is 115 Å². The van der Waals surface area contributed by atoms with Gasteiger partial charge in [0.15, 0.2) is 5.16 Å². The van der Waals surface area contributed by atoms with Gasteiger partial charge in [-0.05, 0) is 49.1 Å². The number of hydrogen-bond acceptors (Lipinski definition) is 8. The standard InChI is InChI=1S/C20H17N5O3S2/c1-2-10-24-19(26)17-12-6-4-3-5-7-15(12)29-18(17)23-20(24)30-16-9-8-14(25(27)28)13(11-21)22-16/h2,8-9H,1,3-7,10H2. The van der Waals surface area contributed by atoms with E-state index in [1.165, 1.54) is 17.0 Å². The normalized spacial score (nSPS) is 13.4. The Hall–Kier alpha value is -3.03. The van der Waals surface area contributed by atoms with Gasteiger partial charge in [0.05, 0.1) is 10.3 Å². The van der Waals surface area contributed by atoms with Crippen molar-refractivity contribution in [3.05, 3.63) is 61.4 Å². The molecule has 0 radical (unpaired) electrons. The van der Waals surface area contributed by atoms with Crippen LogP contribution in [0.5, 0.6) is 0 Å². The van der Waals surface area contributed by atoms with Crippen molar-refractivity contribution in [2.75, 3.05) is 0 Å². The summed E-state index contributed by atoms with van der Waals surface area (Å²) in [5, 5.41) is 21.7. The van der Waals surface area contributed by atoms with Crippen LogP contribution >= 0.6 is 23.1 Å². The maximum Gasteiger partial charge on any atom is 0.305 e. The van der Waals surface area contributed by atoms with Crippen molar-refractivity contribution in [2.24, 2.45) is 0 Å². The molecule has 0 fully saturated rings. The van der Waals surface area contributed by atoms with Crippen LogP contribution in [0.1, 0.15) is 35.4 Å². The summed E-state index contributed by atoms with van der Waals surface area (Å²) in [5.74, 6) is 0. The van der Waals surface area contributed by atoms with Crippen molar-refractivity contribution in [2.45, 2.75) is 48.8 Å². The van der Waals surface area contributed by atoms with E-state index < -0.39 is 4.92 Å². The van der Waals surface area contributed by atoms with Crippen molar-refractivity contribution in [1.82, 2.24) is 14.5 Å². The maximum absolute atomic E-state index is 13.3. The average molecular weight is 440 g/mol. The molecule has 1 aliphatic rings. The minimum absolute atomic E-state index is 0.107. The highest BCUT2D eigenvalue weighted by molar-refractivity contribution is 7.99. The molecule has 0 N–H and O–H groups in total. The number of pyridine rings is 1. The quantitative estimate of drug-likeness (QED) is 0.192. The molecule has 4 rings (SSSR count). The Bertz CT molecular complexity index is 1270. The molecule has 3 heterocycles. The van der Waals surface area contributed by atoms with E-state index in [0.29, 0.717) is 20.4 Å². The van der Waals surface area contributed by atoms with Gasteiger partial charge in [-0.15, -0.1) is 17.9 Å². The highest BCUT2D eigenvalue weighted by atomic mass is 32.2. The minimum atomic E-state index is -0.642. The predicted molar refractivity (Wildman–Crippen MR) is 115 cm³/mol. The second-order valence-electron chi connectivity index (χ2n) is 6.83. The average Bonchev–Trinajstić information content (AvgIpc) is 2.91. The lowest BCUT2D eigenvalue weighted by atomic mass is 10.1. The van der Waals surface area contributed by atoms with Crippen molar-refractivity contribution in [3.63, 3.8) is 0 Å². The molecule has 1 aliphatic carbocycles. The Balaban J connectivity index is 1.84. The second-order valence-corrected chi connectivity index (χ2v) is 8.90. The van der Waals surface area contributed by atoms with Crippen molar-refractivity contribution >= 4 is 39.0 Å². The molecule has 0 saturated carbocycles. The first-order valence-corrected chi connectivity index (χ1v) is 11.1. The van der Waals surface area contributed by atoms with E-state index in [0.717, 1.165) is 49.4 Å². The summed E-state index contributed by atoms with van der Waals surface area (Å²) < 4.78 is 1.55. The summed E-state index contributed by atoms with van der Waals surface area (Å²) in [6.07, 6.45) is 6.84. The van der Waals surface area contributed by atoms with Gasteiger partial charge in [0.1, 0.15) is 15.9 Å². The van der Waals surface area contributed by atoms with Gasteiger partial charge in [-0.2, -0.15) is 5.26 Å². The van der Waals surface area contributed by atoms with Crippen LogP contribution in [0.15, 0.2) is 39.8 Å². The van der Waals surface area contributed by atoms with Crippen molar-refractivity contribution in [3.8, 4) is 6.07 Å². The van der Waals surface area contributed by atoms with Crippen LogP contribution in [0.2, 0.25) is 0 Å². The molecular weight excluding hydrogens is 422 g/mol. The first-order valence-electron chi connectivity index (χ1n) is 9.43. The highest BCUT2D eigenvalue weighted by Crippen LogP contribution is 2.35. The third-order valence-electron chi connectivity index (χ3n) is 4.95. The van der Waals surface area contributed by atoms with Crippen LogP contribution in [0, 0.1) is 21.4 Å². The van der Waals surface area contributed by atoms with E-state index in [1.54, 1.807) is 28.0 Å². The Morgan fingerprint density at radius 1 is 1.33 bits per heavy atom. The van der Waals surface area contributed by atoms with Crippen LogP contribution in [0.25, 0.3) is 10.2 Å². The summed E-state index contributed by atoms with van der Waals surface area (Å²) >= 11 is 2.68. The molecule has 3 aromatic heterocycles. The second kappa shape index (κ2) is 8.38. The number of allylic oxidation sites excluding steroid dienone is 1. The van der Waals surface area contributed by atoms with Gasteiger partial charge < -0.3 is 0 Å². The molecule has 8 nitrogen and oxygen atoms in total. The summed E-state index contributed by atoms with van der Waals surface area (Å²) in [4.78, 5) is 34.5. The molecule has 0 bridgehead atoms. The van der Waals surface area contributed by atoms with E-state index in [-0.39, 0.29) is 23.5 Å². The van der Waals surface area contributed by atoms with Crippen LogP contribution < -0.4 is 5.56 Å². The largest absolute Gasteiger partial charge is 0.305 e. The van der Waals surface area contributed by atoms with Crippen LogP contribution in [0.4, 0.5) is 5.69 Å². The molecule has 0 aliphatic heterocycles. The number of fused-ring (bicyclic) bond motifs is 3. The van der Waals surface area contributed by atoms with E-state index in [2.05, 4.69) is 11.6 Å². The lowest BCUT2D eigenvalue weighted by molar-refractivity contribution is -0.385. The zero-order chi connectivity index (χ0) is 21.3. The number of aryl methyl sites for hydroxylation is 2. The molecule has 0 spiro atoms. The molecule has 0 unspecified atom stereocenters. The van der Waals surface area contributed by atoms with E-state index in [1.807, 2.05) is 0 Å². The highest BCUT2D eigenvalue weighted by Gasteiger charge is 2.22. The van der Waals surface area contributed by atoms with Gasteiger partial charge in [-0.1, -0.05) is 12.5 Å². The first kappa shape index (κ1) is 20.3. The lowest BCUT2D eigenvalue weighted by Gasteiger charge is -2.10. The van der Waals surface area contributed by atoms with E-state index >= 15 is 0 Å². The smallest absolute Gasteiger partial charge is 0.283 e. The van der Waals surface area contributed by atoms with Gasteiger partial charge in [0.25, 0.3) is 5.56 Å². The van der Waals surface area contributed by atoms with Crippen LogP contribution in [0.3, 0.4) is 0 Å². The van der Waals surface area contributed by atoms with Gasteiger partial charge in [-0.25, -0.2) is 9.97 Å². The Kier molecular flexibility index (Phi) is 5.65. The number of aromatic nitrogens is 3. The predicted octanol–water partition coefficient (Wildman–Crippen LogP) is 4.24. The summed E-state index contributed by atoms with van der Waals surface area (Å²) in [5.41, 5.74) is 0.395. The fourth-order valence-electron chi connectivity index (χ4n) is 3.58. The summed E-state index contributed by atoms with van der Waals surface area (Å²) in [6.45, 7) is 4.03. The van der Waals surface area contributed by atoms with Crippen LogP contribution in [-0.2, 0) is 19.4 Å². The van der Waals surface area contributed by atoms with Crippen molar-refractivity contribution < 1.29 is 4.92 Å². The Labute approximate surface area is 180 Å². The molecule has 10 heteroatoms. The number of nitro groups is 1. The zero-order valence-corrected chi connectivity index (χ0v) is 17.6. The number of thiophene rings is 1. The first-order chi connectivity index (χ1) is 14.5. The molecule has 0 saturated heterocycles. The zero-order valence-electron chi connectivity index (χ0n) is 16.0. The van der Waals surface area contributed by atoms with Crippen LogP contribution in [-0.4, -0.2) is 19.5 Å². The number of hydrogen-bond donors (Lipinski definition) is 0. The molecule has 152 valence electrons. The maximum atomic E-state index is 13.3. The number of nitriles is 1. The third kappa shape index (κ3) is 3.62. The lowest BCUT2D eigenvalue weighted by Crippen LogP contribution is -2.23. The fourth-order valence-corrected chi connectivity index (χ4v) is 5.75. The molecular formula is C20H17N5O3S2. The van der Waals surface area contributed by atoms with E-state index in [4.69, 9.17) is 4.98 Å². The SMILES string of the molecule is C=CCn1c(Sc2ccc([N+](=O)[O-])c(C#N)n2)nc2sc3c(c2c1=O)CCCCC3. The number of nitrogens with zero attached hydrogens (tertiary/aromatic N) is 5.